The van der Waals surface area contributed by atoms with Crippen molar-refractivity contribution >= 4 is 27.4 Å². The molecule has 24 heavy (non-hydrogen) atoms. The van der Waals surface area contributed by atoms with Crippen LogP contribution in [0.25, 0.3) is 0 Å². The number of nitrogens with one attached hydrogen (secondary N) is 1. The number of carboxylic acid groups (broad SMARTS) is 1. The third-order valence-corrected chi connectivity index (χ3v) is 4.37. The molecule has 0 unspecified atom stereocenters. The van der Waals surface area contributed by atoms with Gasteiger partial charge in [0.2, 0.25) is 15.7 Å². The van der Waals surface area contributed by atoms with Crippen LogP contribution < -0.4 is 5.32 Å². The van der Waals surface area contributed by atoms with E-state index in [9.17, 15) is 26.8 Å². The Balaban J connectivity index is 2.72. The smallest absolute Gasteiger partial charge is 0.341 e. The van der Waals surface area contributed by atoms with E-state index in [1.807, 2.05) is 6.92 Å². The lowest BCUT2D eigenvalue weighted by atomic mass is 10.3. The van der Waals surface area contributed by atoms with Gasteiger partial charge in [0.25, 0.3) is 0 Å². The number of anilines is 1. The standard InChI is InChI=1S/C14H18F2N2O5S/c1-2-7-18(9-13(20)21)8-12(19)17-10-3-5-11(6-4-10)24(22,23)14(15)16/h3-6,14H,2,7-9H2,1H3,(H,17,19)(H,20,21). The summed E-state index contributed by atoms with van der Waals surface area (Å²) in [4.78, 5) is 23.5. The molecule has 0 radical (unpaired) electrons. The van der Waals surface area contributed by atoms with E-state index in [-0.39, 0.29) is 18.8 Å². The topological polar surface area (TPSA) is 104 Å². The van der Waals surface area contributed by atoms with Gasteiger partial charge in [-0.3, -0.25) is 14.5 Å². The maximum Gasteiger partial charge on any atom is 0.341 e. The van der Waals surface area contributed by atoms with Crippen LogP contribution in [0.3, 0.4) is 0 Å². The first-order valence-electron chi connectivity index (χ1n) is 7.03. The van der Waals surface area contributed by atoms with Crippen molar-refractivity contribution in [2.75, 3.05) is 25.0 Å². The predicted molar refractivity (Wildman–Crippen MR) is 82.6 cm³/mol. The van der Waals surface area contributed by atoms with Crippen LogP contribution >= 0.6 is 0 Å². The molecular formula is C14H18F2N2O5S. The van der Waals surface area contributed by atoms with E-state index < -0.39 is 32.4 Å². The molecule has 7 nitrogen and oxygen atoms in total. The Morgan fingerprint density at radius 1 is 1.21 bits per heavy atom. The van der Waals surface area contributed by atoms with Gasteiger partial charge in [0.15, 0.2) is 0 Å². The maximum atomic E-state index is 12.4. The third kappa shape index (κ3) is 5.85. The number of hydrogen-bond acceptors (Lipinski definition) is 5. The van der Waals surface area contributed by atoms with Crippen LogP contribution in [-0.4, -0.2) is 55.7 Å². The fraction of sp³-hybridized carbons (Fsp3) is 0.429. The molecule has 0 saturated carbocycles. The summed E-state index contributed by atoms with van der Waals surface area (Å²) in [5.74, 6) is -5.07. The number of alkyl halides is 2. The van der Waals surface area contributed by atoms with E-state index >= 15 is 0 Å². The molecule has 2 N–H and O–H groups in total. The molecule has 0 fully saturated rings. The number of nitrogens with zero attached hydrogens (tertiary/aromatic N) is 1. The number of benzene rings is 1. The highest BCUT2D eigenvalue weighted by Gasteiger charge is 2.26. The zero-order valence-electron chi connectivity index (χ0n) is 12.9. The fourth-order valence-electron chi connectivity index (χ4n) is 1.96. The first kappa shape index (κ1) is 20.0. The quantitative estimate of drug-likeness (QED) is 0.687. The van der Waals surface area contributed by atoms with Crippen LogP contribution in [0.2, 0.25) is 0 Å². The van der Waals surface area contributed by atoms with Crippen LogP contribution in [0.4, 0.5) is 14.5 Å². The van der Waals surface area contributed by atoms with E-state index in [0.29, 0.717) is 13.0 Å². The number of hydrogen-bond donors (Lipinski definition) is 2. The summed E-state index contributed by atoms with van der Waals surface area (Å²) in [5, 5.41) is 11.2. The Bertz CT molecular complexity index is 677. The van der Waals surface area contributed by atoms with Crippen LogP contribution in [0.15, 0.2) is 29.2 Å². The Labute approximate surface area is 138 Å². The number of carbonyl (C=O) groups is 2. The zero-order chi connectivity index (χ0) is 18.3. The largest absolute Gasteiger partial charge is 0.480 e. The molecule has 0 aliphatic rings. The van der Waals surface area contributed by atoms with Gasteiger partial charge in [-0.15, -0.1) is 0 Å². The van der Waals surface area contributed by atoms with Crippen LogP contribution in [0.1, 0.15) is 13.3 Å². The van der Waals surface area contributed by atoms with Crippen molar-refractivity contribution in [1.82, 2.24) is 4.90 Å². The summed E-state index contributed by atoms with van der Waals surface area (Å²) in [6.45, 7) is 1.82. The lowest BCUT2D eigenvalue weighted by Crippen LogP contribution is -2.37. The number of rotatable bonds is 9. The molecular weight excluding hydrogens is 346 g/mol. The number of aliphatic carboxylic acids is 1. The molecule has 1 aromatic rings. The molecule has 0 atom stereocenters. The highest BCUT2D eigenvalue weighted by atomic mass is 32.2. The van der Waals surface area contributed by atoms with E-state index in [1.54, 1.807) is 0 Å². The molecule has 0 saturated heterocycles. The summed E-state index contributed by atoms with van der Waals surface area (Å²) in [6.07, 6.45) is 0.667. The summed E-state index contributed by atoms with van der Waals surface area (Å²) >= 11 is 0. The maximum absolute atomic E-state index is 12.4. The third-order valence-electron chi connectivity index (χ3n) is 2.97. The van der Waals surface area contributed by atoms with Gasteiger partial charge in [0, 0.05) is 5.69 Å². The SMILES string of the molecule is CCCN(CC(=O)O)CC(=O)Nc1ccc(S(=O)(=O)C(F)F)cc1. The van der Waals surface area contributed by atoms with Crippen molar-refractivity contribution in [3.63, 3.8) is 0 Å². The van der Waals surface area contributed by atoms with Gasteiger partial charge in [-0.25, -0.2) is 8.42 Å². The molecule has 1 rings (SSSR count). The summed E-state index contributed by atoms with van der Waals surface area (Å²) in [6, 6.07) is 4.32. The first-order valence-corrected chi connectivity index (χ1v) is 8.57. The highest BCUT2D eigenvalue weighted by molar-refractivity contribution is 7.91. The summed E-state index contributed by atoms with van der Waals surface area (Å²) in [5.41, 5.74) is 0.222. The lowest BCUT2D eigenvalue weighted by Gasteiger charge is -2.18. The molecule has 134 valence electrons. The van der Waals surface area contributed by atoms with E-state index in [0.717, 1.165) is 12.1 Å². The highest BCUT2D eigenvalue weighted by Crippen LogP contribution is 2.20. The lowest BCUT2D eigenvalue weighted by molar-refractivity contribution is -0.138. The second-order valence-corrected chi connectivity index (χ2v) is 6.90. The predicted octanol–water partition coefficient (Wildman–Crippen LogP) is 1.42. The molecule has 0 bridgehead atoms. The number of sulfone groups is 1. The molecule has 0 spiro atoms. The van der Waals surface area contributed by atoms with Gasteiger partial charge >= 0.3 is 11.7 Å². The Morgan fingerprint density at radius 2 is 1.79 bits per heavy atom. The summed E-state index contributed by atoms with van der Waals surface area (Å²) in [7, 11) is -4.68. The van der Waals surface area contributed by atoms with Crippen molar-refractivity contribution < 1.29 is 31.9 Å². The summed E-state index contributed by atoms with van der Waals surface area (Å²) < 4.78 is 47.4. The van der Waals surface area contributed by atoms with Crippen molar-refractivity contribution in [2.45, 2.75) is 24.0 Å². The molecule has 1 aromatic carbocycles. The minimum absolute atomic E-state index is 0.156. The van der Waals surface area contributed by atoms with E-state index in [1.165, 1.54) is 17.0 Å². The number of amides is 1. The van der Waals surface area contributed by atoms with Gasteiger partial charge in [0.1, 0.15) is 0 Å². The first-order chi connectivity index (χ1) is 11.2. The Morgan fingerprint density at radius 3 is 2.25 bits per heavy atom. The number of carboxylic acids is 1. The average Bonchev–Trinajstić information content (AvgIpc) is 2.47. The van der Waals surface area contributed by atoms with E-state index in [4.69, 9.17) is 5.11 Å². The zero-order valence-corrected chi connectivity index (χ0v) is 13.7. The van der Waals surface area contributed by atoms with Gasteiger partial charge in [0.05, 0.1) is 18.0 Å². The van der Waals surface area contributed by atoms with Crippen molar-refractivity contribution in [1.29, 1.82) is 0 Å². The van der Waals surface area contributed by atoms with E-state index in [2.05, 4.69) is 5.32 Å². The molecule has 0 aliphatic carbocycles. The van der Waals surface area contributed by atoms with Crippen molar-refractivity contribution in [3.05, 3.63) is 24.3 Å². The second-order valence-electron chi connectivity index (χ2n) is 4.98. The minimum Gasteiger partial charge on any atom is -0.480 e. The molecule has 1 amide bonds. The number of carbonyl (C=O) groups excluding carboxylic acids is 1. The van der Waals surface area contributed by atoms with Gasteiger partial charge in [-0.2, -0.15) is 8.78 Å². The Hall–Kier alpha value is -2.07. The molecule has 10 heteroatoms. The molecule has 0 aromatic heterocycles. The average molecular weight is 364 g/mol. The van der Waals surface area contributed by atoms with Crippen LogP contribution in [0, 0.1) is 0 Å². The fourth-order valence-corrected chi connectivity index (χ4v) is 2.68. The molecule has 0 heterocycles. The van der Waals surface area contributed by atoms with Gasteiger partial charge in [-0.05, 0) is 37.2 Å². The minimum atomic E-state index is -4.68. The van der Waals surface area contributed by atoms with Gasteiger partial charge in [-0.1, -0.05) is 6.92 Å². The molecule has 0 aliphatic heterocycles. The second kappa shape index (κ2) is 8.69. The number of halogens is 2. The van der Waals surface area contributed by atoms with Crippen LogP contribution in [-0.2, 0) is 19.4 Å². The Kier molecular flexibility index (Phi) is 7.23. The van der Waals surface area contributed by atoms with Gasteiger partial charge < -0.3 is 10.4 Å². The normalized spacial score (nSPS) is 11.7. The van der Waals surface area contributed by atoms with Crippen molar-refractivity contribution in [3.8, 4) is 0 Å². The van der Waals surface area contributed by atoms with Crippen LogP contribution in [0.5, 0.6) is 0 Å². The monoisotopic (exact) mass is 364 g/mol. The van der Waals surface area contributed by atoms with Crippen molar-refractivity contribution in [2.24, 2.45) is 0 Å².